The van der Waals surface area contributed by atoms with Gasteiger partial charge in [-0.2, -0.15) is 9.97 Å². The summed E-state index contributed by atoms with van der Waals surface area (Å²) < 4.78 is 0. The zero-order valence-corrected chi connectivity index (χ0v) is 7.97. The standard InChI is InChI=1S/C7H10ClN5/c1-7(2-3-7)4-10-5(8)12-6(11-4)13-9/h2-3,9H2,1H3,(H,10,11,12,13). The first-order chi connectivity index (χ1) is 6.14. The summed E-state index contributed by atoms with van der Waals surface area (Å²) in [6, 6.07) is 0. The van der Waals surface area contributed by atoms with Crippen LogP contribution in [0.1, 0.15) is 25.6 Å². The van der Waals surface area contributed by atoms with Crippen LogP contribution < -0.4 is 11.3 Å². The zero-order chi connectivity index (χ0) is 9.47. The maximum Gasteiger partial charge on any atom is 0.241 e. The largest absolute Gasteiger partial charge is 0.292 e. The van der Waals surface area contributed by atoms with Crippen molar-refractivity contribution in [3.63, 3.8) is 0 Å². The quantitative estimate of drug-likeness (QED) is 0.546. The minimum Gasteiger partial charge on any atom is -0.292 e. The number of nitrogen functional groups attached to an aromatic ring is 1. The van der Waals surface area contributed by atoms with Crippen LogP contribution in [-0.2, 0) is 5.41 Å². The summed E-state index contributed by atoms with van der Waals surface area (Å²) in [6.07, 6.45) is 2.19. The Balaban J connectivity index is 2.40. The van der Waals surface area contributed by atoms with Crippen molar-refractivity contribution in [3.8, 4) is 0 Å². The second-order valence-corrected chi connectivity index (χ2v) is 3.79. The first-order valence-electron chi connectivity index (χ1n) is 4.03. The molecule has 1 aromatic heterocycles. The number of anilines is 1. The third kappa shape index (κ3) is 1.57. The van der Waals surface area contributed by atoms with Crippen LogP contribution in [0.5, 0.6) is 0 Å². The fourth-order valence-electron chi connectivity index (χ4n) is 1.10. The third-order valence-corrected chi connectivity index (χ3v) is 2.45. The molecule has 1 heterocycles. The fourth-order valence-corrected chi connectivity index (χ4v) is 1.26. The molecule has 6 heteroatoms. The maximum atomic E-state index is 5.70. The number of aromatic nitrogens is 3. The molecule has 0 radical (unpaired) electrons. The molecule has 1 fully saturated rings. The van der Waals surface area contributed by atoms with Gasteiger partial charge in [-0.15, -0.1) is 0 Å². The number of hydrogen-bond acceptors (Lipinski definition) is 5. The van der Waals surface area contributed by atoms with Crippen LogP contribution in [0.3, 0.4) is 0 Å². The molecule has 0 saturated heterocycles. The molecule has 0 atom stereocenters. The Morgan fingerprint density at radius 2 is 2.08 bits per heavy atom. The van der Waals surface area contributed by atoms with Crippen molar-refractivity contribution in [2.75, 3.05) is 5.43 Å². The van der Waals surface area contributed by atoms with Crippen molar-refractivity contribution in [2.24, 2.45) is 5.84 Å². The van der Waals surface area contributed by atoms with E-state index in [0.29, 0.717) is 5.95 Å². The van der Waals surface area contributed by atoms with Gasteiger partial charge in [-0.1, -0.05) is 6.92 Å². The highest BCUT2D eigenvalue weighted by Crippen LogP contribution is 2.46. The van der Waals surface area contributed by atoms with Gasteiger partial charge in [0, 0.05) is 5.41 Å². The molecule has 5 nitrogen and oxygen atoms in total. The summed E-state index contributed by atoms with van der Waals surface area (Å²) in [5.74, 6) is 6.23. The summed E-state index contributed by atoms with van der Waals surface area (Å²) >= 11 is 5.70. The predicted molar refractivity (Wildman–Crippen MR) is 49.2 cm³/mol. The van der Waals surface area contributed by atoms with Gasteiger partial charge in [-0.3, -0.25) is 5.43 Å². The molecule has 2 rings (SSSR count). The number of halogens is 1. The van der Waals surface area contributed by atoms with Crippen molar-refractivity contribution >= 4 is 17.5 Å². The third-order valence-electron chi connectivity index (χ3n) is 2.28. The lowest BCUT2D eigenvalue weighted by Crippen LogP contribution is -2.15. The van der Waals surface area contributed by atoms with E-state index >= 15 is 0 Å². The summed E-state index contributed by atoms with van der Waals surface area (Å²) in [5, 5.41) is 0.186. The minimum absolute atomic E-state index is 0.0815. The van der Waals surface area contributed by atoms with E-state index in [2.05, 4.69) is 27.3 Å². The molecule has 0 aromatic carbocycles. The van der Waals surface area contributed by atoms with Crippen LogP contribution in [-0.4, -0.2) is 15.0 Å². The van der Waals surface area contributed by atoms with Gasteiger partial charge in [0.15, 0.2) is 0 Å². The average Bonchev–Trinajstić information content (AvgIpc) is 2.84. The molecule has 1 aromatic rings. The molecule has 1 aliphatic carbocycles. The van der Waals surface area contributed by atoms with Gasteiger partial charge < -0.3 is 0 Å². The van der Waals surface area contributed by atoms with Gasteiger partial charge in [0.1, 0.15) is 5.82 Å². The highest BCUT2D eigenvalue weighted by molar-refractivity contribution is 6.28. The van der Waals surface area contributed by atoms with E-state index < -0.39 is 0 Å². The molecule has 0 aliphatic heterocycles. The first kappa shape index (κ1) is 8.65. The van der Waals surface area contributed by atoms with E-state index in [4.69, 9.17) is 17.4 Å². The number of rotatable bonds is 2. The van der Waals surface area contributed by atoms with E-state index in [0.717, 1.165) is 18.7 Å². The first-order valence-corrected chi connectivity index (χ1v) is 4.40. The van der Waals surface area contributed by atoms with Crippen LogP contribution in [0.15, 0.2) is 0 Å². The molecular weight excluding hydrogens is 190 g/mol. The van der Waals surface area contributed by atoms with E-state index in [1.54, 1.807) is 0 Å². The Bertz CT molecular complexity index is 336. The molecular formula is C7H10ClN5. The normalized spacial score (nSPS) is 18.4. The van der Waals surface area contributed by atoms with E-state index in [1.807, 2.05) is 0 Å². The molecule has 0 bridgehead atoms. The number of nitrogens with one attached hydrogen (secondary N) is 1. The molecule has 0 spiro atoms. The Morgan fingerprint density at radius 3 is 2.62 bits per heavy atom. The van der Waals surface area contributed by atoms with E-state index in [-0.39, 0.29) is 10.7 Å². The molecule has 0 unspecified atom stereocenters. The van der Waals surface area contributed by atoms with Gasteiger partial charge in [-0.05, 0) is 24.4 Å². The molecule has 0 amide bonds. The van der Waals surface area contributed by atoms with Gasteiger partial charge in [0.25, 0.3) is 0 Å². The lowest BCUT2D eigenvalue weighted by Gasteiger charge is -2.07. The van der Waals surface area contributed by atoms with E-state index in [1.165, 1.54) is 0 Å². The van der Waals surface area contributed by atoms with Crippen LogP contribution in [0.2, 0.25) is 5.28 Å². The Kier molecular flexibility index (Phi) is 1.85. The van der Waals surface area contributed by atoms with Crippen molar-refractivity contribution in [1.29, 1.82) is 0 Å². The molecule has 1 aliphatic rings. The average molecular weight is 200 g/mol. The monoisotopic (exact) mass is 199 g/mol. The second-order valence-electron chi connectivity index (χ2n) is 3.46. The van der Waals surface area contributed by atoms with Crippen LogP contribution in [0, 0.1) is 0 Å². The predicted octanol–water partition coefficient (Wildman–Crippen LogP) is 0.862. The van der Waals surface area contributed by atoms with Gasteiger partial charge in [0.2, 0.25) is 11.2 Å². The van der Waals surface area contributed by atoms with Crippen LogP contribution in [0.25, 0.3) is 0 Å². The maximum absolute atomic E-state index is 5.70. The van der Waals surface area contributed by atoms with Crippen molar-refractivity contribution in [3.05, 3.63) is 11.1 Å². The van der Waals surface area contributed by atoms with Crippen LogP contribution >= 0.6 is 11.6 Å². The fraction of sp³-hybridized carbons (Fsp3) is 0.571. The smallest absolute Gasteiger partial charge is 0.241 e. The second kappa shape index (κ2) is 2.78. The van der Waals surface area contributed by atoms with Crippen molar-refractivity contribution in [1.82, 2.24) is 15.0 Å². The van der Waals surface area contributed by atoms with Crippen molar-refractivity contribution in [2.45, 2.75) is 25.2 Å². The Hall–Kier alpha value is -0.940. The summed E-state index contributed by atoms with van der Waals surface area (Å²) in [7, 11) is 0. The lowest BCUT2D eigenvalue weighted by molar-refractivity contribution is 0.700. The lowest BCUT2D eigenvalue weighted by atomic mass is 10.1. The minimum atomic E-state index is 0.0815. The zero-order valence-electron chi connectivity index (χ0n) is 7.21. The van der Waals surface area contributed by atoms with Gasteiger partial charge >= 0.3 is 0 Å². The summed E-state index contributed by atoms with van der Waals surface area (Å²) in [4.78, 5) is 12.0. The number of hydrazine groups is 1. The molecule has 3 N–H and O–H groups in total. The van der Waals surface area contributed by atoms with Crippen LogP contribution in [0.4, 0.5) is 5.95 Å². The number of nitrogens with two attached hydrogens (primary N) is 1. The number of nitrogens with zero attached hydrogens (tertiary/aromatic N) is 3. The summed E-state index contributed by atoms with van der Waals surface area (Å²) in [5.41, 5.74) is 2.44. The Morgan fingerprint density at radius 1 is 1.38 bits per heavy atom. The topological polar surface area (TPSA) is 76.7 Å². The van der Waals surface area contributed by atoms with Gasteiger partial charge in [-0.25, -0.2) is 10.8 Å². The molecule has 70 valence electrons. The summed E-state index contributed by atoms with van der Waals surface area (Å²) in [6.45, 7) is 2.10. The Labute approximate surface area is 80.7 Å². The van der Waals surface area contributed by atoms with Gasteiger partial charge in [0.05, 0.1) is 0 Å². The SMILES string of the molecule is CC1(c2nc(Cl)nc(NN)n2)CC1. The van der Waals surface area contributed by atoms with Crippen molar-refractivity contribution < 1.29 is 0 Å². The number of hydrogen-bond donors (Lipinski definition) is 2. The highest BCUT2D eigenvalue weighted by atomic mass is 35.5. The molecule has 1 saturated carbocycles. The molecule has 13 heavy (non-hydrogen) atoms. The highest BCUT2D eigenvalue weighted by Gasteiger charge is 2.42. The van der Waals surface area contributed by atoms with E-state index in [9.17, 15) is 0 Å².